The van der Waals surface area contributed by atoms with Crippen molar-refractivity contribution in [2.45, 2.75) is 46.7 Å². The van der Waals surface area contributed by atoms with Crippen molar-refractivity contribution in [2.24, 2.45) is 0 Å². The molecule has 0 aliphatic rings. The molecule has 0 saturated carbocycles. The van der Waals surface area contributed by atoms with E-state index < -0.39 is 0 Å². The van der Waals surface area contributed by atoms with Crippen LogP contribution in [-0.4, -0.2) is 21.5 Å². The molecule has 1 aromatic heterocycles. The zero-order valence-corrected chi connectivity index (χ0v) is 12.7. The average Bonchev–Trinajstić information content (AvgIpc) is 2.25. The van der Waals surface area contributed by atoms with Gasteiger partial charge in [-0.2, -0.15) is 4.98 Å². The van der Waals surface area contributed by atoms with Crippen LogP contribution in [0.25, 0.3) is 0 Å². The number of nitrogens with one attached hydrogen (secondary N) is 1. The van der Waals surface area contributed by atoms with Gasteiger partial charge in [-0.3, -0.25) is 9.36 Å². The van der Waals surface area contributed by atoms with Crippen molar-refractivity contribution < 1.29 is 4.79 Å². The summed E-state index contributed by atoms with van der Waals surface area (Å²) in [7, 11) is 0. The molecule has 1 heterocycles. The third-order valence-electron chi connectivity index (χ3n) is 2.55. The van der Waals surface area contributed by atoms with Gasteiger partial charge in [-0.05, 0) is 43.6 Å². The van der Waals surface area contributed by atoms with Crippen LogP contribution in [0.5, 0.6) is 0 Å². The van der Waals surface area contributed by atoms with Crippen LogP contribution in [0.2, 0.25) is 0 Å². The van der Waals surface area contributed by atoms with Crippen molar-refractivity contribution in [3.8, 4) is 0 Å². The number of hydrogen-bond donors (Lipinski definition) is 1. The van der Waals surface area contributed by atoms with Crippen LogP contribution in [0.1, 0.15) is 31.7 Å². The van der Waals surface area contributed by atoms with Gasteiger partial charge in [0.2, 0.25) is 5.91 Å². The number of amides is 1. The van der Waals surface area contributed by atoms with Gasteiger partial charge in [0.15, 0.2) is 0 Å². The topological polar surface area (TPSA) is 64.0 Å². The lowest BCUT2D eigenvalue weighted by molar-refractivity contribution is -0.121. The molecule has 18 heavy (non-hydrogen) atoms. The SMILES string of the molecule is Cc1nc(=O)n(CCC(=O)NC(C)C)c(C)c1Br. The lowest BCUT2D eigenvalue weighted by Gasteiger charge is -2.13. The Hall–Kier alpha value is -1.17. The number of carbonyl (C=O) groups is 1. The maximum atomic E-state index is 11.7. The largest absolute Gasteiger partial charge is 0.354 e. The molecule has 0 radical (unpaired) electrons. The second kappa shape index (κ2) is 6.13. The maximum absolute atomic E-state index is 11.7. The zero-order chi connectivity index (χ0) is 13.9. The molecular weight excluding hydrogens is 298 g/mol. The lowest BCUT2D eigenvalue weighted by Crippen LogP contribution is -2.33. The predicted octanol–water partition coefficient (Wildman–Crippen LogP) is 1.54. The molecule has 0 bridgehead atoms. The van der Waals surface area contributed by atoms with Crippen LogP contribution in [0.3, 0.4) is 0 Å². The molecule has 100 valence electrons. The lowest BCUT2D eigenvalue weighted by atomic mass is 10.3. The first-order chi connectivity index (χ1) is 8.32. The molecule has 0 spiro atoms. The zero-order valence-electron chi connectivity index (χ0n) is 11.1. The van der Waals surface area contributed by atoms with E-state index in [0.29, 0.717) is 12.2 Å². The Morgan fingerprint density at radius 2 is 2.06 bits per heavy atom. The summed E-state index contributed by atoms with van der Waals surface area (Å²) in [5, 5.41) is 2.79. The average molecular weight is 316 g/mol. The number of carbonyl (C=O) groups excluding carboxylic acids is 1. The minimum Gasteiger partial charge on any atom is -0.354 e. The highest BCUT2D eigenvalue weighted by Crippen LogP contribution is 2.16. The Kier molecular flexibility index (Phi) is 5.07. The van der Waals surface area contributed by atoms with E-state index in [9.17, 15) is 9.59 Å². The van der Waals surface area contributed by atoms with Crippen molar-refractivity contribution in [3.05, 3.63) is 26.3 Å². The van der Waals surface area contributed by atoms with Gasteiger partial charge < -0.3 is 5.32 Å². The van der Waals surface area contributed by atoms with Crippen LogP contribution in [-0.2, 0) is 11.3 Å². The van der Waals surface area contributed by atoms with Gasteiger partial charge in [0.1, 0.15) is 0 Å². The standard InChI is InChI=1S/C12H18BrN3O2/c1-7(2)14-10(17)5-6-16-9(4)11(13)8(3)15-12(16)18/h7H,5-6H2,1-4H3,(H,14,17). The predicted molar refractivity (Wildman–Crippen MR) is 73.6 cm³/mol. The number of nitrogens with zero attached hydrogens (tertiary/aromatic N) is 2. The molecular formula is C12H18BrN3O2. The molecule has 1 aromatic rings. The first kappa shape index (κ1) is 14.9. The van der Waals surface area contributed by atoms with Crippen LogP contribution < -0.4 is 11.0 Å². The van der Waals surface area contributed by atoms with Crippen molar-refractivity contribution >= 4 is 21.8 Å². The molecule has 0 aliphatic heterocycles. The van der Waals surface area contributed by atoms with Crippen molar-refractivity contribution in [1.29, 1.82) is 0 Å². The first-order valence-electron chi connectivity index (χ1n) is 5.85. The number of aryl methyl sites for hydroxylation is 1. The van der Waals surface area contributed by atoms with E-state index in [0.717, 1.165) is 10.2 Å². The summed E-state index contributed by atoms with van der Waals surface area (Å²) < 4.78 is 2.32. The summed E-state index contributed by atoms with van der Waals surface area (Å²) in [4.78, 5) is 27.2. The minimum atomic E-state index is -0.314. The van der Waals surface area contributed by atoms with Crippen molar-refractivity contribution in [2.75, 3.05) is 0 Å². The van der Waals surface area contributed by atoms with Gasteiger partial charge >= 0.3 is 5.69 Å². The quantitative estimate of drug-likeness (QED) is 0.916. The Morgan fingerprint density at radius 1 is 1.44 bits per heavy atom. The van der Waals surface area contributed by atoms with Gasteiger partial charge in [-0.15, -0.1) is 0 Å². The van der Waals surface area contributed by atoms with Crippen LogP contribution >= 0.6 is 15.9 Å². The summed E-state index contributed by atoms with van der Waals surface area (Å²) in [5.74, 6) is -0.0620. The van der Waals surface area contributed by atoms with E-state index in [1.54, 1.807) is 6.92 Å². The molecule has 0 unspecified atom stereocenters. The molecule has 1 rings (SSSR count). The normalized spacial score (nSPS) is 10.8. The number of halogens is 1. The minimum absolute atomic E-state index is 0.0620. The molecule has 0 aromatic carbocycles. The Labute approximate surface area is 115 Å². The van der Waals surface area contributed by atoms with E-state index in [-0.39, 0.29) is 24.1 Å². The summed E-state index contributed by atoms with van der Waals surface area (Å²) in [6, 6.07) is 0.109. The number of aromatic nitrogens is 2. The van der Waals surface area contributed by atoms with Crippen molar-refractivity contribution in [1.82, 2.24) is 14.9 Å². The fourth-order valence-corrected chi connectivity index (χ4v) is 1.95. The highest BCUT2D eigenvalue weighted by molar-refractivity contribution is 9.10. The third-order valence-corrected chi connectivity index (χ3v) is 3.69. The summed E-state index contributed by atoms with van der Waals surface area (Å²) in [5.41, 5.74) is 1.15. The van der Waals surface area contributed by atoms with Crippen LogP contribution in [0.15, 0.2) is 9.27 Å². The summed E-state index contributed by atoms with van der Waals surface area (Å²) in [6.45, 7) is 7.75. The number of rotatable bonds is 4. The first-order valence-corrected chi connectivity index (χ1v) is 6.65. The molecule has 0 aliphatic carbocycles. The van der Waals surface area contributed by atoms with Crippen LogP contribution in [0, 0.1) is 13.8 Å². The van der Waals surface area contributed by atoms with Crippen molar-refractivity contribution in [3.63, 3.8) is 0 Å². The van der Waals surface area contributed by atoms with E-state index in [4.69, 9.17) is 0 Å². The fourth-order valence-electron chi connectivity index (χ4n) is 1.65. The summed E-state index contributed by atoms with van der Waals surface area (Å²) >= 11 is 3.39. The molecule has 5 nitrogen and oxygen atoms in total. The van der Waals surface area contributed by atoms with Gasteiger partial charge in [0.25, 0.3) is 0 Å². The fraction of sp³-hybridized carbons (Fsp3) is 0.583. The highest BCUT2D eigenvalue weighted by Gasteiger charge is 2.11. The number of hydrogen-bond acceptors (Lipinski definition) is 3. The smallest absolute Gasteiger partial charge is 0.348 e. The Bertz CT molecular complexity index is 509. The van der Waals surface area contributed by atoms with Gasteiger partial charge in [-0.1, -0.05) is 0 Å². The molecule has 1 amide bonds. The van der Waals surface area contributed by atoms with Gasteiger partial charge in [0, 0.05) is 24.7 Å². The highest BCUT2D eigenvalue weighted by atomic mass is 79.9. The van der Waals surface area contributed by atoms with E-state index >= 15 is 0 Å². The molecule has 1 N–H and O–H groups in total. The van der Waals surface area contributed by atoms with E-state index in [2.05, 4.69) is 26.2 Å². The van der Waals surface area contributed by atoms with E-state index in [1.807, 2.05) is 20.8 Å². The maximum Gasteiger partial charge on any atom is 0.348 e. The van der Waals surface area contributed by atoms with Gasteiger partial charge in [0.05, 0.1) is 10.2 Å². The molecule has 6 heteroatoms. The van der Waals surface area contributed by atoms with E-state index in [1.165, 1.54) is 4.57 Å². The summed E-state index contributed by atoms with van der Waals surface area (Å²) in [6.07, 6.45) is 0.274. The second-order valence-electron chi connectivity index (χ2n) is 4.50. The third kappa shape index (κ3) is 3.66. The Morgan fingerprint density at radius 3 is 2.61 bits per heavy atom. The second-order valence-corrected chi connectivity index (χ2v) is 5.30. The molecule has 0 atom stereocenters. The molecule has 0 saturated heterocycles. The van der Waals surface area contributed by atoms with Crippen LogP contribution in [0.4, 0.5) is 0 Å². The molecule has 0 fully saturated rings. The van der Waals surface area contributed by atoms with Gasteiger partial charge in [-0.25, -0.2) is 4.79 Å². The monoisotopic (exact) mass is 315 g/mol. The Balaban J connectivity index is 2.83.